The summed E-state index contributed by atoms with van der Waals surface area (Å²) in [5, 5.41) is 36.6. The summed E-state index contributed by atoms with van der Waals surface area (Å²) in [5.41, 5.74) is -1.88. The van der Waals surface area contributed by atoms with Gasteiger partial charge in [0.05, 0.1) is 42.6 Å². The molecule has 0 aromatic heterocycles. The predicted molar refractivity (Wildman–Crippen MR) is 262 cm³/mol. The number of nitrogens with zero attached hydrogens (tertiary/aromatic N) is 3. The number of Topliss-reactive ketones (excluding diaryl/α,β-unsaturated/α-hetero) is 1. The molecule has 0 saturated carbocycles. The molecule has 4 aliphatic heterocycles. The quantitative estimate of drug-likeness (QED) is 0.129. The number of aromatic hydroxyl groups is 2. The predicted octanol–water partition coefficient (Wildman–Crippen LogP) is 5.99. The number of ether oxygens (including phenoxy) is 8. The van der Waals surface area contributed by atoms with Gasteiger partial charge in [-0.25, -0.2) is 9.59 Å². The normalized spacial score (nSPS) is 26.7. The van der Waals surface area contributed by atoms with Crippen LogP contribution in [0.1, 0.15) is 101 Å². The van der Waals surface area contributed by atoms with Gasteiger partial charge in [0.25, 0.3) is 0 Å². The number of morpholine rings is 1. The van der Waals surface area contributed by atoms with Crippen LogP contribution in [0.4, 0.5) is 9.59 Å². The van der Waals surface area contributed by atoms with Gasteiger partial charge in [-0.15, -0.1) is 0 Å². The van der Waals surface area contributed by atoms with E-state index in [4.69, 9.17) is 37.9 Å². The molecule has 74 heavy (non-hydrogen) atoms. The van der Waals surface area contributed by atoms with Crippen molar-refractivity contribution in [2.75, 3.05) is 54.1 Å². The zero-order valence-electron chi connectivity index (χ0n) is 42.1. The Hall–Kier alpha value is -6.45. The highest BCUT2D eigenvalue weighted by Gasteiger charge is 2.55. The standard InChI is InChI=1S/C55H61N3O16/c1-29-49-36(58-23-24-69-51(68-6)50(58)73-49)25-40(71-29)72-38-27-55(66,26-35-42(38)48(63)44-43(46(35)61)45(60)34-13-10-14-37(67-5)41(34)47(44)62)39(59)28-70-53(65)57-21-19-33(20-22-57)56(4)52(64)74-54(2,3)32-17-15-31(16-18-32)30-11-8-7-9-12-30/h7-18,29,33,36,38,40,49-51,61,63,66H,19-28H2,1-6H3/t29-,36-,38-,40-,49+,50+,51-,55-/m0/s1. The maximum absolute atomic E-state index is 14.3. The van der Waals surface area contributed by atoms with Gasteiger partial charge in [-0.2, -0.15) is 0 Å². The summed E-state index contributed by atoms with van der Waals surface area (Å²) in [7, 11) is 4.52. The number of carbonyl (C=O) groups excluding carboxylic acids is 5. The van der Waals surface area contributed by atoms with Crippen molar-refractivity contribution in [2.45, 2.75) is 113 Å². The number of phenolic OH excluding ortho intramolecular Hbond substituents is 2. The molecular weight excluding hydrogens is 959 g/mol. The molecular formula is C55H61N3O16. The zero-order valence-corrected chi connectivity index (χ0v) is 42.1. The average molecular weight is 1020 g/mol. The van der Waals surface area contributed by atoms with Crippen LogP contribution in [0.5, 0.6) is 17.2 Å². The van der Waals surface area contributed by atoms with Gasteiger partial charge in [-0.1, -0.05) is 66.7 Å². The molecule has 2 amide bonds. The Labute approximate surface area is 427 Å². The lowest BCUT2D eigenvalue weighted by atomic mass is 9.72. The van der Waals surface area contributed by atoms with Gasteiger partial charge in [-0.05, 0) is 56.4 Å². The first kappa shape index (κ1) is 51.1. The summed E-state index contributed by atoms with van der Waals surface area (Å²) in [6.45, 7) is 5.88. The number of carbonyl (C=O) groups is 5. The highest BCUT2D eigenvalue weighted by molar-refractivity contribution is 6.31. The lowest BCUT2D eigenvalue weighted by molar-refractivity contribution is -0.256. The van der Waals surface area contributed by atoms with Gasteiger partial charge in [0.15, 0.2) is 31.2 Å². The molecule has 4 fully saturated rings. The molecule has 6 aliphatic rings. The van der Waals surface area contributed by atoms with Gasteiger partial charge < -0.3 is 63.0 Å². The van der Waals surface area contributed by atoms with Crippen LogP contribution in [0.15, 0.2) is 72.8 Å². The number of piperidine rings is 1. The van der Waals surface area contributed by atoms with Crippen LogP contribution in [-0.4, -0.2) is 162 Å². The molecule has 0 spiro atoms. The maximum atomic E-state index is 14.3. The second kappa shape index (κ2) is 20.0. The summed E-state index contributed by atoms with van der Waals surface area (Å²) in [6.07, 6.45) is -6.06. The van der Waals surface area contributed by atoms with Crippen molar-refractivity contribution >= 4 is 29.5 Å². The van der Waals surface area contributed by atoms with E-state index in [-0.39, 0.29) is 59.6 Å². The first-order chi connectivity index (χ1) is 35.4. The van der Waals surface area contributed by atoms with Crippen molar-refractivity contribution in [2.24, 2.45) is 0 Å². The summed E-state index contributed by atoms with van der Waals surface area (Å²) < 4.78 is 47.6. The number of phenols is 2. The lowest BCUT2D eigenvalue weighted by Gasteiger charge is -2.43. The van der Waals surface area contributed by atoms with Crippen molar-refractivity contribution in [1.29, 1.82) is 0 Å². The largest absolute Gasteiger partial charge is 0.507 e. The van der Waals surface area contributed by atoms with Crippen LogP contribution >= 0.6 is 0 Å². The Balaban J connectivity index is 0.833. The van der Waals surface area contributed by atoms with E-state index in [0.29, 0.717) is 26.0 Å². The van der Waals surface area contributed by atoms with Crippen molar-refractivity contribution in [3.63, 3.8) is 0 Å². The van der Waals surface area contributed by atoms with Gasteiger partial charge in [0.2, 0.25) is 11.6 Å². The van der Waals surface area contributed by atoms with Crippen molar-refractivity contribution in [3.8, 4) is 28.4 Å². The molecule has 2 aliphatic carbocycles. The van der Waals surface area contributed by atoms with Crippen LogP contribution in [0.25, 0.3) is 11.1 Å². The molecule has 19 heteroatoms. The Morgan fingerprint density at radius 2 is 1.57 bits per heavy atom. The molecule has 4 saturated heterocycles. The third-order valence-corrected chi connectivity index (χ3v) is 15.6. The molecule has 8 atom stereocenters. The minimum Gasteiger partial charge on any atom is -0.507 e. The summed E-state index contributed by atoms with van der Waals surface area (Å²) >= 11 is 0. The number of fused-ring (bicyclic) bond motifs is 6. The Morgan fingerprint density at radius 3 is 2.27 bits per heavy atom. The highest BCUT2D eigenvalue weighted by Crippen LogP contribution is 2.53. The number of amides is 2. The van der Waals surface area contributed by atoms with E-state index in [1.165, 1.54) is 42.2 Å². The number of aliphatic hydroxyl groups is 1. The average Bonchev–Trinajstić information content (AvgIpc) is 3.81. The minimum atomic E-state index is -2.40. The molecule has 3 N–H and O–H groups in total. The number of hydrogen-bond acceptors (Lipinski definition) is 17. The Bertz CT molecular complexity index is 2850. The zero-order chi connectivity index (χ0) is 52.4. The topological polar surface area (TPSA) is 230 Å². The molecule has 0 unspecified atom stereocenters. The highest BCUT2D eigenvalue weighted by atomic mass is 16.7. The third kappa shape index (κ3) is 9.07. The van der Waals surface area contributed by atoms with Gasteiger partial charge in [-0.3, -0.25) is 19.3 Å². The van der Waals surface area contributed by atoms with Crippen LogP contribution in [-0.2, 0) is 50.0 Å². The van der Waals surface area contributed by atoms with E-state index in [1.807, 2.05) is 75.4 Å². The second-order valence-electron chi connectivity index (χ2n) is 20.3. The maximum Gasteiger partial charge on any atom is 0.410 e. The fraction of sp³-hybridized carbons (Fsp3) is 0.473. The lowest BCUT2D eigenvalue weighted by Crippen LogP contribution is -2.55. The van der Waals surface area contributed by atoms with Crippen molar-refractivity contribution in [1.82, 2.24) is 14.7 Å². The van der Waals surface area contributed by atoms with E-state index in [2.05, 4.69) is 4.90 Å². The number of likely N-dealkylation sites (tertiary alicyclic amines) is 1. The van der Waals surface area contributed by atoms with E-state index in [9.17, 15) is 39.3 Å². The first-order valence-corrected chi connectivity index (χ1v) is 25.0. The number of hydrogen-bond donors (Lipinski definition) is 3. The van der Waals surface area contributed by atoms with Gasteiger partial charge in [0, 0.05) is 81.8 Å². The minimum absolute atomic E-state index is 0.0750. The SMILES string of the molecule is COc1cccc2c1C(=O)c1c(O)c3c(c(O)c1C2=O)C[C@@](O)(C(=O)COC(=O)N1CCC(N(C)C(=O)OC(C)(C)c2ccc(-c4ccccc4)cc2)CC1)C[C@@H]3O[C@H]1C[C@H]2[C@H](O[C@@H]3[C@@H](OC)OCCN32)[C@H](C)O1. The van der Waals surface area contributed by atoms with Crippen LogP contribution < -0.4 is 4.74 Å². The van der Waals surface area contributed by atoms with Crippen molar-refractivity contribution in [3.05, 3.63) is 112 Å². The summed E-state index contributed by atoms with van der Waals surface area (Å²) in [5.74, 6) is -3.83. The van der Waals surface area contributed by atoms with Crippen LogP contribution in [0, 0.1) is 0 Å². The Morgan fingerprint density at radius 1 is 0.865 bits per heavy atom. The van der Waals surface area contributed by atoms with Crippen LogP contribution in [0.2, 0.25) is 0 Å². The molecule has 0 radical (unpaired) electrons. The molecule has 4 aromatic rings. The molecule has 4 heterocycles. The summed E-state index contributed by atoms with van der Waals surface area (Å²) in [4.78, 5) is 74.9. The number of methoxy groups -OCH3 is 2. The van der Waals surface area contributed by atoms with Crippen molar-refractivity contribution < 1.29 is 77.2 Å². The second-order valence-corrected chi connectivity index (χ2v) is 20.3. The fourth-order valence-corrected chi connectivity index (χ4v) is 11.5. The Kier molecular flexibility index (Phi) is 13.8. The summed E-state index contributed by atoms with van der Waals surface area (Å²) in [6, 6.07) is 21.7. The van der Waals surface area contributed by atoms with E-state index in [1.54, 1.807) is 7.05 Å². The van der Waals surface area contributed by atoms with Gasteiger partial charge in [0.1, 0.15) is 34.6 Å². The molecule has 0 bridgehead atoms. The van der Waals surface area contributed by atoms with E-state index >= 15 is 0 Å². The van der Waals surface area contributed by atoms with Crippen LogP contribution in [0.3, 0.4) is 0 Å². The van der Waals surface area contributed by atoms with Gasteiger partial charge >= 0.3 is 12.2 Å². The monoisotopic (exact) mass is 1020 g/mol. The van der Waals surface area contributed by atoms with E-state index in [0.717, 1.165) is 16.7 Å². The number of rotatable bonds is 11. The third-order valence-electron chi connectivity index (χ3n) is 15.6. The molecule has 10 rings (SSSR count). The number of ketones is 3. The van der Waals surface area contributed by atoms with E-state index < -0.39 is 120 Å². The number of benzene rings is 4. The first-order valence-electron chi connectivity index (χ1n) is 25.0. The fourth-order valence-electron chi connectivity index (χ4n) is 11.5. The molecule has 392 valence electrons. The smallest absolute Gasteiger partial charge is 0.410 e. The molecule has 4 aromatic carbocycles. The molecule has 19 nitrogen and oxygen atoms in total.